The first-order chi connectivity index (χ1) is 9.69. The van der Waals surface area contributed by atoms with Crippen molar-refractivity contribution < 1.29 is 9.63 Å². The Labute approximate surface area is 142 Å². The molecule has 0 saturated carbocycles. The molecule has 1 aromatic heterocycles. The van der Waals surface area contributed by atoms with Crippen LogP contribution >= 0.6 is 24.0 Å². The highest BCUT2D eigenvalue weighted by Gasteiger charge is 2.22. The fourth-order valence-electron chi connectivity index (χ4n) is 2.22. The summed E-state index contributed by atoms with van der Waals surface area (Å²) >= 11 is 0. The van der Waals surface area contributed by atoms with E-state index >= 15 is 0 Å². The summed E-state index contributed by atoms with van der Waals surface area (Å²) in [5.74, 6) is 2.22. The predicted octanol–water partition coefficient (Wildman–Crippen LogP) is 0.961. The number of aromatic nitrogens is 2. The second-order valence-electron chi connectivity index (χ2n) is 4.96. The van der Waals surface area contributed by atoms with Crippen molar-refractivity contribution >= 4 is 29.9 Å². The molecular formula is C13H24IN5O2. The highest BCUT2D eigenvalue weighted by molar-refractivity contribution is 14.0. The zero-order valence-corrected chi connectivity index (χ0v) is 14.9. The number of hydrogen-bond donors (Lipinski definition) is 2. The van der Waals surface area contributed by atoms with Crippen molar-refractivity contribution in [3.05, 3.63) is 11.7 Å². The quantitative estimate of drug-likeness (QED) is 0.326. The average molecular weight is 409 g/mol. The molecule has 1 aliphatic rings. The minimum absolute atomic E-state index is 0. The Morgan fingerprint density at radius 2 is 2.38 bits per heavy atom. The van der Waals surface area contributed by atoms with Crippen molar-refractivity contribution in [2.75, 3.05) is 26.2 Å². The van der Waals surface area contributed by atoms with Gasteiger partial charge in [0.15, 0.2) is 11.8 Å². The van der Waals surface area contributed by atoms with Gasteiger partial charge in [-0.3, -0.25) is 4.99 Å². The molecule has 1 aliphatic heterocycles. The minimum Gasteiger partial charge on any atom is -0.391 e. The highest BCUT2D eigenvalue weighted by atomic mass is 127. The molecule has 120 valence electrons. The molecule has 0 radical (unpaired) electrons. The molecule has 2 heterocycles. The van der Waals surface area contributed by atoms with Crippen LogP contribution in [0.25, 0.3) is 0 Å². The summed E-state index contributed by atoms with van der Waals surface area (Å²) in [6, 6.07) is 0. The van der Waals surface area contributed by atoms with Crippen LogP contribution in [0.15, 0.2) is 9.52 Å². The minimum atomic E-state index is -0.236. The number of aryl methyl sites for hydroxylation is 2. The number of nitrogens with zero attached hydrogens (tertiary/aromatic N) is 4. The number of nitrogens with one attached hydrogen (secondary N) is 1. The Morgan fingerprint density at radius 1 is 1.57 bits per heavy atom. The summed E-state index contributed by atoms with van der Waals surface area (Å²) in [5.41, 5.74) is 0. The van der Waals surface area contributed by atoms with Crippen molar-refractivity contribution in [1.82, 2.24) is 20.4 Å². The monoisotopic (exact) mass is 409 g/mol. The van der Waals surface area contributed by atoms with Crippen LogP contribution in [0.5, 0.6) is 0 Å². The van der Waals surface area contributed by atoms with Gasteiger partial charge < -0.3 is 19.8 Å². The van der Waals surface area contributed by atoms with Gasteiger partial charge >= 0.3 is 0 Å². The van der Waals surface area contributed by atoms with Crippen molar-refractivity contribution in [2.24, 2.45) is 4.99 Å². The van der Waals surface area contributed by atoms with Gasteiger partial charge in [0, 0.05) is 32.6 Å². The van der Waals surface area contributed by atoms with Gasteiger partial charge in [0.2, 0.25) is 5.89 Å². The van der Waals surface area contributed by atoms with Gasteiger partial charge in [-0.05, 0) is 26.7 Å². The second kappa shape index (κ2) is 9.19. The van der Waals surface area contributed by atoms with E-state index in [-0.39, 0.29) is 30.1 Å². The fourth-order valence-corrected chi connectivity index (χ4v) is 2.22. The van der Waals surface area contributed by atoms with Crippen LogP contribution in [-0.4, -0.2) is 58.4 Å². The van der Waals surface area contributed by atoms with E-state index in [2.05, 4.69) is 25.3 Å². The third-order valence-corrected chi connectivity index (χ3v) is 3.18. The van der Waals surface area contributed by atoms with E-state index in [0.717, 1.165) is 38.3 Å². The van der Waals surface area contributed by atoms with E-state index < -0.39 is 0 Å². The fraction of sp³-hybridized carbons (Fsp3) is 0.769. The van der Waals surface area contributed by atoms with Gasteiger partial charge in [0.25, 0.3) is 0 Å². The van der Waals surface area contributed by atoms with E-state index in [0.29, 0.717) is 24.8 Å². The van der Waals surface area contributed by atoms with Crippen LogP contribution < -0.4 is 5.32 Å². The first-order valence-electron chi connectivity index (χ1n) is 7.19. The molecule has 1 saturated heterocycles. The van der Waals surface area contributed by atoms with E-state index in [1.54, 1.807) is 0 Å². The Morgan fingerprint density at radius 3 is 2.95 bits per heavy atom. The van der Waals surface area contributed by atoms with Gasteiger partial charge in [0.1, 0.15) is 0 Å². The normalized spacial score (nSPS) is 18.7. The lowest BCUT2D eigenvalue weighted by atomic mass is 10.3. The van der Waals surface area contributed by atoms with E-state index in [1.807, 2.05) is 13.8 Å². The van der Waals surface area contributed by atoms with Crippen LogP contribution in [0.1, 0.15) is 31.5 Å². The Hall–Kier alpha value is -0.900. The molecule has 8 heteroatoms. The third kappa shape index (κ3) is 5.77. The number of halogens is 1. The van der Waals surface area contributed by atoms with Gasteiger partial charge in [-0.1, -0.05) is 5.16 Å². The zero-order chi connectivity index (χ0) is 14.4. The number of hydrogen-bond acceptors (Lipinski definition) is 5. The van der Waals surface area contributed by atoms with Crippen molar-refractivity contribution in [1.29, 1.82) is 0 Å². The van der Waals surface area contributed by atoms with Crippen molar-refractivity contribution in [2.45, 2.75) is 39.2 Å². The Bertz CT molecular complexity index is 452. The number of aliphatic hydroxyl groups is 1. The molecule has 2 rings (SSSR count). The van der Waals surface area contributed by atoms with E-state index in [4.69, 9.17) is 4.52 Å². The summed E-state index contributed by atoms with van der Waals surface area (Å²) < 4.78 is 5.06. The maximum atomic E-state index is 9.59. The number of guanidine groups is 1. The van der Waals surface area contributed by atoms with Crippen LogP contribution in [0.4, 0.5) is 0 Å². The van der Waals surface area contributed by atoms with Gasteiger partial charge in [-0.2, -0.15) is 4.98 Å². The number of rotatable bonds is 5. The first-order valence-corrected chi connectivity index (χ1v) is 7.19. The number of β-amino-alcohol motifs (C(OH)–C–C–N with tert-alkyl or cyclic N) is 1. The lowest BCUT2D eigenvalue weighted by Gasteiger charge is -2.20. The molecule has 0 aliphatic carbocycles. The lowest BCUT2D eigenvalue weighted by molar-refractivity contribution is 0.188. The molecular weight excluding hydrogens is 385 g/mol. The number of likely N-dealkylation sites (tertiary alicyclic amines) is 1. The van der Waals surface area contributed by atoms with Gasteiger partial charge in [0.05, 0.1) is 6.10 Å². The standard InChI is InChI=1S/C13H23N5O2.HI/c1-3-14-13(18-8-6-11(19)9-18)15-7-4-5-12-16-10(2)17-20-12;/h11,19H,3-9H2,1-2H3,(H,14,15);1H/t11-;/m1./s1. The summed E-state index contributed by atoms with van der Waals surface area (Å²) in [5, 5.41) is 16.6. The van der Waals surface area contributed by atoms with Crippen LogP contribution in [-0.2, 0) is 6.42 Å². The van der Waals surface area contributed by atoms with Crippen molar-refractivity contribution in [3.63, 3.8) is 0 Å². The highest BCUT2D eigenvalue weighted by Crippen LogP contribution is 2.09. The first kappa shape index (κ1) is 18.1. The molecule has 1 atom stereocenters. The summed E-state index contributed by atoms with van der Waals surface area (Å²) in [6.45, 7) is 6.91. The smallest absolute Gasteiger partial charge is 0.226 e. The topological polar surface area (TPSA) is 86.8 Å². The van der Waals surface area contributed by atoms with Crippen molar-refractivity contribution in [3.8, 4) is 0 Å². The third-order valence-electron chi connectivity index (χ3n) is 3.18. The molecule has 0 amide bonds. The second-order valence-corrected chi connectivity index (χ2v) is 4.96. The van der Waals surface area contributed by atoms with Crippen LogP contribution in [0.3, 0.4) is 0 Å². The zero-order valence-electron chi connectivity index (χ0n) is 12.6. The molecule has 0 bridgehead atoms. The van der Waals surface area contributed by atoms with Crippen LogP contribution in [0.2, 0.25) is 0 Å². The molecule has 2 N–H and O–H groups in total. The maximum absolute atomic E-state index is 9.59. The molecule has 21 heavy (non-hydrogen) atoms. The number of aliphatic imine (C=N–C) groups is 1. The maximum Gasteiger partial charge on any atom is 0.226 e. The molecule has 0 aromatic carbocycles. The SMILES string of the molecule is CCNC(=NCCCc1nc(C)no1)N1CC[C@@H](O)C1.I. The summed E-state index contributed by atoms with van der Waals surface area (Å²) in [6.07, 6.45) is 2.19. The van der Waals surface area contributed by atoms with E-state index in [9.17, 15) is 5.11 Å². The predicted molar refractivity (Wildman–Crippen MR) is 90.9 cm³/mol. The Balaban J connectivity index is 0.00000220. The molecule has 0 unspecified atom stereocenters. The lowest BCUT2D eigenvalue weighted by Crippen LogP contribution is -2.40. The number of aliphatic hydroxyl groups excluding tert-OH is 1. The average Bonchev–Trinajstić information content (AvgIpc) is 3.02. The van der Waals surface area contributed by atoms with E-state index in [1.165, 1.54) is 0 Å². The Kier molecular flexibility index (Phi) is 7.94. The summed E-state index contributed by atoms with van der Waals surface area (Å²) in [4.78, 5) is 10.9. The summed E-state index contributed by atoms with van der Waals surface area (Å²) in [7, 11) is 0. The molecule has 1 fully saturated rings. The van der Waals surface area contributed by atoms with Crippen LogP contribution in [0, 0.1) is 6.92 Å². The molecule has 0 spiro atoms. The largest absolute Gasteiger partial charge is 0.391 e. The molecule has 1 aromatic rings. The molecule has 7 nitrogen and oxygen atoms in total. The van der Waals surface area contributed by atoms with Gasteiger partial charge in [-0.15, -0.1) is 24.0 Å². The van der Waals surface area contributed by atoms with Gasteiger partial charge in [-0.25, -0.2) is 0 Å².